The van der Waals surface area contributed by atoms with E-state index in [0.717, 1.165) is 11.0 Å². The smallest absolute Gasteiger partial charge is 0.152 e. The van der Waals surface area contributed by atoms with Gasteiger partial charge in [-0.15, -0.1) is 11.6 Å². The number of halogens is 1. The molecule has 7 heteroatoms. The third-order valence-corrected chi connectivity index (χ3v) is 6.12. The Morgan fingerprint density at radius 3 is 2.86 bits per heavy atom. The van der Waals surface area contributed by atoms with Gasteiger partial charge in [0.05, 0.1) is 45.6 Å². The van der Waals surface area contributed by atoms with Gasteiger partial charge in [-0.05, 0) is 31.5 Å². The van der Waals surface area contributed by atoms with E-state index in [1.165, 1.54) is 0 Å². The van der Waals surface area contributed by atoms with Crippen molar-refractivity contribution in [3.63, 3.8) is 0 Å². The molecule has 1 fully saturated rings. The van der Waals surface area contributed by atoms with Gasteiger partial charge in [-0.2, -0.15) is 5.26 Å². The van der Waals surface area contributed by atoms with Crippen LogP contribution in [0.5, 0.6) is 0 Å². The molecule has 1 aliphatic rings. The molecule has 1 aromatic carbocycles. The van der Waals surface area contributed by atoms with Crippen LogP contribution in [0, 0.1) is 11.3 Å². The monoisotopic (exact) mass is 323 g/mol. The summed E-state index contributed by atoms with van der Waals surface area (Å²) in [5, 5.41) is 9.06. The fourth-order valence-electron chi connectivity index (χ4n) is 3.06. The average molecular weight is 324 g/mol. The standard InChI is InChI=1S/C14H14ClN3O2S/c1-14(4-5-21(19,20)9-14)18-12-6-10(8-16)2-3-11(12)17-13(18)7-15/h2-3,6H,4-5,7,9H2,1H3. The molecule has 21 heavy (non-hydrogen) atoms. The highest BCUT2D eigenvalue weighted by Crippen LogP contribution is 2.35. The van der Waals surface area contributed by atoms with E-state index in [1.54, 1.807) is 18.2 Å². The van der Waals surface area contributed by atoms with Crippen LogP contribution in [0.4, 0.5) is 0 Å². The zero-order valence-electron chi connectivity index (χ0n) is 11.5. The Labute approximate surface area is 128 Å². The third kappa shape index (κ3) is 2.30. The van der Waals surface area contributed by atoms with E-state index in [9.17, 15) is 8.42 Å². The summed E-state index contributed by atoms with van der Waals surface area (Å²) in [6.07, 6.45) is 0.529. The van der Waals surface area contributed by atoms with Gasteiger partial charge in [0.25, 0.3) is 0 Å². The lowest BCUT2D eigenvalue weighted by molar-refractivity contribution is 0.367. The highest BCUT2D eigenvalue weighted by Gasteiger charge is 2.41. The van der Waals surface area contributed by atoms with Gasteiger partial charge < -0.3 is 4.57 Å². The van der Waals surface area contributed by atoms with Gasteiger partial charge in [0, 0.05) is 0 Å². The lowest BCUT2D eigenvalue weighted by Crippen LogP contribution is -2.32. The second-order valence-electron chi connectivity index (χ2n) is 5.65. The molecule has 0 spiro atoms. The Balaban J connectivity index is 2.28. The normalized spacial score (nSPS) is 24.2. The molecule has 1 aromatic heterocycles. The number of rotatable bonds is 2. The summed E-state index contributed by atoms with van der Waals surface area (Å²) in [4.78, 5) is 4.47. The van der Waals surface area contributed by atoms with Crippen molar-refractivity contribution < 1.29 is 8.42 Å². The minimum absolute atomic E-state index is 0.0755. The van der Waals surface area contributed by atoms with Crippen molar-refractivity contribution in [2.75, 3.05) is 11.5 Å². The second-order valence-corrected chi connectivity index (χ2v) is 8.10. The molecule has 110 valence electrons. The molecule has 0 saturated carbocycles. The number of benzene rings is 1. The van der Waals surface area contributed by atoms with Crippen molar-refractivity contribution in [2.24, 2.45) is 0 Å². The first-order chi connectivity index (χ1) is 9.88. The van der Waals surface area contributed by atoms with Crippen molar-refractivity contribution in [2.45, 2.75) is 24.8 Å². The summed E-state index contributed by atoms with van der Waals surface area (Å²) >= 11 is 5.99. The summed E-state index contributed by atoms with van der Waals surface area (Å²) < 4.78 is 25.7. The van der Waals surface area contributed by atoms with Gasteiger partial charge >= 0.3 is 0 Å². The fourth-order valence-corrected chi connectivity index (χ4v) is 5.35. The van der Waals surface area contributed by atoms with E-state index in [2.05, 4.69) is 11.1 Å². The summed E-state index contributed by atoms with van der Waals surface area (Å²) in [5.41, 5.74) is 1.46. The number of nitriles is 1. The van der Waals surface area contributed by atoms with Crippen molar-refractivity contribution in [3.8, 4) is 6.07 Å². The van der Waals surface area contributed by atoms with E-state index in [1.807, 2.05) is 11.5 Å². The van der Waals surface area contributed by atoms with E-state index >= 15 is 0 Å². The van der Waals surface area contributed by atoms with Gasteiger partial charge in [0.1, 0.15) is 5.82 Å². The number of nitrogens with zero attached hydrogens (tertiary/aromatic N) is 3. The van der Waals surface area contributed by atoms with Gasteiger partial charge in [-0.1, -0.05) is 0 Å². The van der Waals surface area contributed by atoms with Gasteiger partial charge in [-0.25, -0.2) is 13.4 Å². The average Bonchev–Trinajstić information content (AvgIpc) is 2.95. The predicted octanol–water partition coefficient (Wildman–Crippen LogP) is 2.18. The van der Waals surface area contributed by atoms with Crippen molar-refractivity contribution in [3.05, 3.63) is 29.6 Å². The topological polar surface area (TPSA) is 75.8 Å². The first kappa shape index (κ1) is 14.4. The molecule has 1 atom stereocenters. The Bertz CT molecular complexity index is 866. The number of aromatic nitrogens is 2. The summed E-state index contributed by atoms with van der Waals surface area (Å²) in [7, 11) is -3.05. The van der Waals surface area contributed by atoms with Crippen LogP contribution in [0.3, 0.4) is 0 Å². The van der Waals surface area contributed by atoms with Gasteiger partial charge in [0.15, 0.2) is 9.84 Å². The van der Waals surface area contributed by atoms with Crippen LogP contribution in [0.25, 0.3) is 11.0 Å². The molecule has 0 N–H and O–H groups in total. The zero-order chi connectivity index (χ0) is 15.3. The first-order valence-corrected chi connectivity index (χ1v) is 8.92. The Morgan fingerprint density at radius 1 is 1.52 bits per heavy atom. The molecule has 1 unspecified atom stereocenters. The van der Waals surface area contributed by atoms with Crippen LogP contribution in [0.2, 0.25) is 0 Å². The van der Waals surface area contributed by atoms with E-state index in [-0.39, 0.29) is 17.4 Å². The molecule has 2 aromatic rings. The maximum absolute atomic E-state index is 11.9. The largest absolute Gasteiger partial charge is 0.320 e. The van der Waals surface area contributed by atoms with Crippen LogP contribution in [-0.4, -0.2) is 29.5 Å². The molecule has 2 heterocycles. The number of sulfone groups is 1. The lowest BCUT2D eigenvalue weighted by atomic mass is 10.0. The minimum atomic E-state index is -3.05. The Hall–Kier alpha value is -1.58. The van der Waals surface area contributed by atoms with E-state index < -0.39 is 15.4 Å². The van der Waals surface area contributed by atoms with Crippen LogP contribution < -0.4 is 0 Å². The lowest BCUT2D eigenvalue weighted by Gasteiger charge is -2.27. The Morgan fingerprint density at radius 2 is 2.29 bits per heavy atom. The fraction of sp³-hybridized carbons (Fsp3) is 0.429. The molecule has 1 saturated heterocycles. The van der Waals surface area contributed by atoms with E-state index in [0.29, 0.717) is 17.8 Å². The first-order valence-electron chi connectivity index (χ1n) is 6.57. The molecule has 0 amide bonds. The van der Waals surface area contributed by atoms with Crippen LogP contribution >= 0.6 is 11.6 Å². The number of imidazole rings is 1. The number of hydrogen-bond donors (Lipinski definition) is 0. The highest BCUT2D eigenvalue weighted by molar-refractivity contribution is 7.91. The Kier molecular flexibility index (Phi) is 3.23. The van der Waals surface area contributed by atoms with E-state index in [4.69, 9.17) is 16.9 Å². The number of hydrogen-bond acceptors (Lipinski definition) is 4. The van der Waals surface area contributed by atoms with Gasteiger partial charge in [-0.3, -0.25) is 0 Å². The maximum Gasteiger partial charge on any atom is 0.152 e. The predicted molar refractivity (Wildman–Crippen MR) is 80.9 cm³/mol. The SMILES string of the molecule is CC1(n2c(CCl)nc3ccc(C#N)cc32)CCS(=O)(=O)C1. The highest BCUT2D eigenvalue weighted by atomic mass is 35.5. The molecule has 0 aliphatic carbocycles. The number of alkyl halides is 1. The molecule has 5 nitrogen and oxygen atoms in total. The molecular formula is C14H14ClN3O2S. The van der Waals surface area contributed by atoms with Crippen LogP contribution in [0.1, 0.15) is 24.7 Å². The third-order valence-electron chi connectivity index (χ3n) is 3.99. The summed E-state index contributed by atoms with van der Waals surface area (Å²) in [6, 6.07) is 7.32. The zero-order valence-corrected chi connectivity index (χ0v) is 13.1. The molecule has 0 bridgehead atoms. The minimum Gasteiger partial charge on any atom is -0.320 e. The second kappa shape index (κ2) is 4.72. The molecular weight excluding hydrogens is 310 g/mol. The van der Waals surface area contributed by atoms with Crippen molar-refractivity contribution >= 4 is 32.5 Å². The molecule has 0 radical (unpaired) electrons. The van der Waals surface area contributed by atoms with Gasteiger partial charge in [0.2, 0.25) is 0 Å². The number of fused-ring (bicyclic) bond motifs is 1. The molecule has 3 rings (SSSR count). The quantitative estimate of drug-likeness (QED) is 0.794. The molecule has 1 aliphatic heterocycles. The van der Waals surface area contributed by atoms with Crippen molar-refractivity contribution in [1.82, 2.24) is 9.55 Å². The van der Waals surface area contributed by atoms with Crippen LogP contribution in [0.15, 0.2) is 18.2 Å². The summed E-state index contributed by atoms with van der Waals surface area (Å²) in [6.45, 7) is 1.91. The van der Waals surface area contributed by atoms with Crippen molar-refractivity contribution in [1.29, 1.82) is 5.26 Å². The summed E-state index contributed by atoms with van der Waals surface area (Å²) in [5.74, 6) is 1.09. The van der Waals surface area contributed by atoms with Crippen LogP contribution in [-0.2, 0) is 21.3 Å². The maximum atomic E-state index is 11.9.